The van der Waals surface area contributed by atoms with Crippen LogP contribution in [-0.2, 0) is 22.6 Å². The van der Waals surface area contributed by atoms with Crippen LogP contribution in [-0.4, -0.2) is 35.2 Å². The average molecular weight is 345 g/mol. The molecule has 0 aromatic heterocycles. The topological polar surface area (TPSA) is 66.8 Å². The third-order valence-electron chi connectivity index (χ3n) is 3.62. The molecule has 0 fully saturated rings. The van der Waals surface area contributed by atoms with Gasteiger partial charge in [-0.25, -0.2) is 9.18 Å². The van der Waals surface area contributed by atoms with Crippen LogP contribution in [0.4, 0.5) is 9.18 Å². The highest BCUT2D eigenvalue weighted by atomic mass is 19.1. The summed E-state index contributed by atoms with van der Waals surface area (Å²) in [6, 6.07) is 15.3. The van der Waals surface area contributed by atoms with E-state index in [2.05, 4.69) is 0 Å². The number of benzene rings is 2. The predicted molar refractivity (Wildman–Crippen MR) is 90.6 cm³/mol. The Hall–Kier alpha value is -2.89. The molecule has 25 heavy (non-hydrogen) atoms. The fraction of sp³-hybridized carbons (Fsp3) is 0.263. The van der Waals surface area contributed by atoms with Crippen molar-refractivity contribution in [1.82, 2.24) is 4.90 Å². The molecular weight excluding hydrogens is 325 g/mol. The number of hydrogen-bond donors (Lipinski definition) is 1. The first-order valence-electron chi connectivity index (χ1n) is 7.96. The number of ether oxygens (including phenoxy) is 1. The van der Waals surface area contributed by atoms with E-state index in [9.17, 15) is 14.0 Å². The van der Waals surface area contributed by atoms with Crippen molar-refractivity contribution in [1.29, 1.82) is 0 Å². The number of nitrogens with zero attached hydrogens (tertiary/aromatic N) is 1. The SMILES string of the molecule is O=C(O)CCN(CCc1cccc(F)c1)C(=O)OCc1ccccc1. The van der Waals surface area contributed by atoms with Gasteiger partial charge in [0.25, 0.3) is 0 Å². The van der Waals surface area contributed by atoms with Crippen LogP contribution in [0.2, 0.25) is 0 Å². The van der Waals surface area contributed by atoms with E-state index in [0.29, 0.717) is 6.42 Å². The fourth-order valence-corrected chi connectivity index (χ4v) is 2.29. The Morgan fingerprint density at radius 2 is 1.72 bits per heavy atom. The van der Waals surface area contributed by atoms with Crippen molar-refractivity contribution in [3.8, 4) is 0 Å². The molecule has 5 nitrogen and oxygen atoms in total. The molecule has 0 radical (unpaired) electrons. The maximum absolute atomic E-state index is 13.2. The van der Waals surface area contributed by atoms with Crippen molar-refractivity contribution in [3.05, 3.63) is 71.5 Å². The molecule has 0 spiro atoms. The second-order valence-electron chi connectivity index (χ2n) is 5.55. The smallest absolute Gasteiger partial charge is 0.410 e. The summed E-state index contributed by atoms with van der Waals surface area (Å²) < 4.78 is 18.5. The Balaban J connectivity index is 1.93. The zero-order valence-electron chi connectivity index (χ0n) is 13.7. The fourth-order valence-electron chi connectivity index (χ4n) is 2.29. The third-order valence-corrected chi connectivity index (χ3v) is 3.62. The lowest BCUT2D eigenvalue weighted by molar-refractivity contribution is -0.137. The molecule has 0 unspecified atom stereocenters. The van der Waals surface area contributed by atoms with E-state index >= 15 is 0 Å². The van der Waals surface area contributed by atoms with Crippen LogP contribution in [0, 0.1) is 5.82 Å². The van der Waals surface area contributed by atoms with Crippen molar-refractivity contribution in [3.63, 3.8) is 0 Å². The number of aliphatic carboxylic acids is 1. The zero-order chi connectivity index (χ0) is 18.1. The largest absolute Gasteiger partial charge is 0.481 e. The van der Waals surface area contributed by atoms with Gasteiger partial charge >= 0.3 is 12.1 Å². The van der Waals surface area contributed by atoms with Gasteiger partial charge < -0.3 is 14.7 Å². The molecule has 0 aliphatic rings. The van der Waals surface area contributed by atoms with Crippen molar-refractivity contribution >= 4 is 12.1 Å². The molecule has 6 heteroatoms. The molecule has 0 atom stereocenters. The van der Waals surface area contributed by atoms with E-state index < -0.39 is 12.1 Å². The maximum Gasteiger partial charge on any atom is 0.410 e. The van der Waals surface area contributed by atoms with Gasteiger partial charge in [0.1, 0.15) is 12.4 Å². The Labute approximate surface area is 145 Å². The van der Waals surface area contributed by atoms with E-state index in [1.165, 1.54) is 17.0 Å². The number of amides is 1. The predicted octanol–water partition coefficient (Wildman–Crippen LogP) is 3.48. The standard InChI is InChI=1S/C19H20FNO4/c20-17-8-4-7-15(13-17)9-11-21(12-10-18(22)23)19(24)25-14-16-5-2-1-3-6-16/h1-8,13H,9-12,14H2,(H,22,23). The van der Waals surface area contributed by atoms with Crippen molar-refractivity contribution < 1.29 is 23.8 Å². The quantitative estimate of drug-likeness (QED) is 0.795. The first-order chi connectivity index (χ1) is 12.0. The van der Waals surface area contributed by atoms with Gasteiger partial charge in [-0.1, -0.05) is 42.5 Å². The number of carboxylic acid groups (broad SMARTS) is 1. The van der Waals surface area contributed by atoms with Gasteiger partial charge in [-0.15, -0.1) is 0 Å². The van der Waals surface area contributed by atoms with Gasteiger partial charge in [-0.2, -0.15) is 0 Å². The normalized spacial score (nSPS) is 10.3. The van der Waals surface area contributed by atoms with E-state index in [1.807, 2.05) is 30.3 Å². The molecule has 0 heterocycles. The number of carboxylic acids is 1. The molecule has 1 amide bonds. The highest BCUT2D eigenvalue weighted by molar-refractivity contribution is 5.70. The molecule has 0 saturated heterocycles. The Bertz CT molecular complexity index is 706. The molecule has 0 aliphatic heterocycles. The van der Waals surface area contributed by atoms with E-state index in [-0.39, 0.29) is 31.9 Å². The monoisotopic (exact) mass is 345 g/mol. The van der Waals surface area contributed by atoms with E-state index in [4.69, 9.17) is 9.84 Å². The number of hydrogen-bond acceptors (Lipinski definition) is 3. The van der Waals surface area contributed by atoms with Gasteiger partial charge in [-0.05, 0) is 29.7 Å². The van der Waals surface area contributed by atoms with Crippen LogP contribution in [0.25, 0.3) is 0 Å². The number of halogens is 1. The van der Waals surface area contributed by atoms with Crippen LogP contribution in [0.3, 0.4) is 0 Å². The molecule has 132 valence electrons. The molecule has 2 aromatic rings. The Morgan fingerprint density at radius 1 is 1.00 bits per heavy atom. The van der Waals surface area contributed by atoms with Crippen LogP contribution in [0.5, 0.6) is 0 Å². The zero-order valence-corrected chi connectivity index (χ0v) is 13.7. The van der Waals surface area contributed by atoms with Crippen molar-refractivity contribution in [2.24, 2.45) is 0 Å². The van der Waals surface area contributed by atoms with Crippen LogP contribution in [0.15, 0.2) is 54.6 Å². The minimum atomic E-state index is -0.994. The number of rotatable bonds is 8. The molecule has 1 N–H and O–H groups in total. The molecule has 2 rings (SSSR count). The Morgan fingerprint density at radius 3 is 2.40 bits per heavy atom. The van der Waals surface area contributed by atoms with Gasteiger partial charge in [0, 0.05) is 13.1 Å². The second kappa shape index (κ2) is 9.42. The van der Waals surface area contributed by atoms with Crippen molar-refractivity contribution in [2.45, 2.75) is 19.4 Å². The lowest BCUT2D eigenvalue weighted by Gasteiger charge is -2.21. The van der Waals surface area contributed by atoms with E-state index in [0.717, 1.165) is 11.1 Å². The first-order valence-corrected chi connectivity index (χ1v) is 7.96. The van der Waals surface area contributed by atoms with Crippen molar-refractivity contribution in [2.75, 3.05) is 13.1 Å². The minimum absolute atomic E-state index is 0.0400. The van der Waals surface area contributed by atoms with Crippen LogP contribution >= 0.6 is 0 Å². The first kappa shape index (κ1) is 18.4. The number of carbonyl (C=O) groups is 2. The second-order valence-corrected chi connectivity index (χ2v) is 5.55. The minimum Gasteiger partial charge on any atom is -0.481 e. The molecule has 0 saturated carbocycles. The molecule has 0 aliphatic carbocycles. The van der Waals surface area contributed by atoms with Gasteiger partial charge in [0.15, 0.2) is 0 Å². The number of carbonyl (C=O) groups excluding carboxylic acids is 1. The summed E-state index contributed by atoms with van der Waals surface area (Å²) >= 11 is 0. The van der Waals surface area contributed by atoms with Gasteiger partial charge in [-0.3, -0.25) is 4.79 Å². The van der Waals surface area contributed by atoms with Gasteiger partial charge in [0.2, 0.25) is 0 Å². The van der Waals surface area contributed by atoms with Crippen LogP contribution in [0.1, 0.15) is 17.5 Å². The third kappa shape index (κ3) is 6.63. The molecular formula is C19H20FNO4. The lowest BCUT2D eigenvalue weighted by Crippen LogP contribution is -2.35. The highest BCUT2D eigenvalue weighted by Crippen LogP contribution is 2.08. The maximum atomic E-state index is 13.2. The summed E-state index contributed by atoms with van der Waals surface area (Å²) in [5, 5.41) is 8.85. The lowest BCUT2D eigenvalue weighted by atomic mass is 10.1. The Kier molecular flexibility index (Phi) is 6.95. The summed E-state index contributed by atoms with van der Waals surface area (Å²) in [5.41, 5.74) is 1.58. The molecule has 0 bridgehead atoms. The summed E-state index contributed by atoms with van der Waals surface area (Å²) in [6.45, 7) is 0.409. The summed E-state index contributed by atoms with van der Waals surface area (Å²) in [4.78, 5) is 24.4. The van der Waals surface area contributed by atoms with E-state index in [1.54, 1.807) is 12.1 Å². The summed E-state index contributed by atoms with van der Waals surface area (Å²) in [5.74, 6) is -1.34. The average Bonchev–Trinajstić information content (AvgIpc) is 2.60. The van der Waals surface area contributed by atoms with Gasteiger partial charge in [0.05, 0.1) is 6.42 Å². The van der Waals surface area contributed by atoms with Crippen LogP contribution < -0.4 is 0 Å². The summed E-state index contributed by atoms with van der Waals surface area (Å²) in [7, 11) is 0. The molecule has 2 aromatic carbocycles. The highest BCUT2D eigenvalue weighted by Gasteiger charge is 2.16. The summed E-state index contributed by atoms with van der Waals surface area (Å²) in [6.07, 6.45) is -0.344.